The van der Waals surface area contributed by atoms with Gasteiger partial charge >= 0.3 is 0 Å². The Hall–Kier alpha value is -3.08. The fourth-order valence-corrected chi connectivity index (χ4v) is 4.49. The highest BCUT2D eigenvalue weighted by atomic mass is 16.5. The van der Waals surface area contributed by atoms with Gasteiger partial charge in [-0.1, -0.05) is 44.5 Å². The summed E-state index contributed by atoms with van der Waals surface area (Å²) in [5, 5.41) is 0. The van der Waals surface area contributed by atoms with Gasteiger partial charge in [0.05, 0.1) is 18.4 Å². The zero-order chi connectivity index (χ0) is 22.7. The Kier molecular flexibility index (Phi) is 6.63. The van der Waals surface area contributed by atoms with E-state index in [0.717, 1.165) is 56.5 Å². The van der Waals surface area contributed by atoms with Crippen LogP contribution in [0.25, 0.3) is 5.57 Å². The molecule has 0 saturated carbocycles. The van der Waals surface area contributed by atoms with E-state index in [-0.39, 0.29) is 11.8 Å². The molecule has 0 atom stereocenters. The van der Waals surface area contributed by atoms with E-state index in [2.05, 4.69) is 18.7 Å². The van der Waals surface area contributed by atoms with E-state index in [0.29, 0.717) is 22.9 Å². The standard InChI is InChI=1S/C27H32N2O3/c1-4-5-6-20-7-11-22(12-8-20)29-26(30)24(21-9-13-23(32-3)14-10-21)25(27(29)31)28-17-15-19(2)16-18-28/h7-14,19H,4-6,15-18H2,1-3H3. The zero-order valence-corrected chi connectivity index (χ0v) is 19.3. The Labute approximate surface area is 190 Å². The number of carbonyl (C=O) groups excluding carboxylic acids is 2. The Balaban J connectivity index is 1.70. The molecule has 32 heavy (non-hydrogen) atoms. The number of hydrogen-bond acceptors (Lipinski definition) is 4. The molecule has 1 saturated heterocycles. The van der Waals surface area contributed by atoms with Crippen molar-refractivity contribution in [1.82, 2.24) is 4.90 Å². The topological polar surface area (TPSA) is 49.9 Å². The lowest BCUT2D eigenvalue weighted by Gasteiger charge is -2.32. The number of carbonyl (C=O) groups is 2. The minimum absolute atomic E-state index is 0.225. The number of amides is 2. The fourth-order valence-electron chi connectivity index (χ4n) is 4.49. The summed E-state index contributed by atoms with van der Waals surface area (Å²) in [7, 11) is 1.62. The summed E-state index contributed by atoms with van der Waals surface area (Å²) in [5.41, 5.74) is 3.62. The summed E-state index contributed by atoms with van der Waals surface area (Å²) in [6.07, 6.45) is 5.31. The van der Waals surface area contributed by atoms with E-state index in [1.165, 1.54) is 10.5 Å². The van der Waals surface area contributed by atoms with E-state index in [1.807, 2.05) is 48.5 Å². The maximum Gasteiger partial charge on any atom is 0.282 e. The van der Waals surface area contributed by atoms with Gasteiger partial charge in [-0.15, -0.1) is 0 Å². The van der Waals surface area contributed by atoms with Crippen LogP contribution in [0.4, 0.5) is 5.69 Å². The first-order valence-corrected chi connectivity index (χ1v) is 11.6. The third-order valence-electron chi connectivity index (χ3n) is 6.55. The largest absolute Gasteiger partial charge is 0.497 e. The van der Waals surface area contributed by atoms with E-state index in [4.69, 9.17) is 4.74 Å². The number of imide groups is 1. The maximum absolute atomic E-state index is 13.6. The van der Waals surface area contributed by atoms with Crippen molar-refractivity contribution < 1.29 is 14.3 Å². The van der Waals surface area contributed by atoms with Crippen LogP contribution >= 0.6 is 0 Å². The van der Waals surface area contributed by atoms with E-state index in [1.54, 1.807) is 7.11 Å². The summed E-state index contributed by atoms with van der Waals surface area (Å²) in [4.78, 5) is 30.7. The van der Waals surface area contributed by atoms with Crippen molar-refractivity contribution in [3.05, 3.63) is 65.4 Å². The molecule has 5 heteroatoms. The quantitative estimate of drug-likeness (QED) is 0.574. The molecule has 2 aromatic carbocycles. The van der Waals surface area contributed by atoms with Gasteiger partial charge in [0, 0.05) is 13.1 Å². The summed E-state index contributed by atoms with van der Waals surface area (Å²) in [6, 6.07) is 15.2. The molecule has 168 valence electrons. The third kappa shape index (κ3) is 4.29. The van der Waals surface area contributed by atoms with Gasteiger partial charge in [0.25, 0.3) is 11.8 Å². The number of methoxy groups -OCH3 is 1. The molecule has 0 aliphatic carbocycles. The molecular weight excluding hydrogens is 400 g/mol. The molecule has 5 nitrogen and oxygen atoms in total. The van der Waals surface area contributed by atoms with Crippen LogP contribution in [-0.4, -0.2) is 36.9 Å². The van der Waals surface area contributed by atoms with Gasteiger partial charge in [0.1, 0.15) is 11.4 Å². The van der Waals surface area contributed by atoms with Gasteiger partial charge in [0.15, 0.2) is 0 Å². The minimum atomic E-state index is -0.255. The smallest absolute Gasteiger partial charge is 0.282 e. The van der Waals surface area contributed by atoms with Crippen molar-refractivity contribution in [1.29, 1.82) is 0 Å². The molecule has 0 spiro atoms. The van der Waals surface area contributed by atoms with Crippen LogP contribution in [0.1, 0.15) is 50.7 Å². The second-order valence-corrected chi connectivity index (χ2v) is 8.84. The monoisotopic (exact) mass is 432 g/mol. The second-order valence-electron chi connectivity index (χ2n) is 8.84. The van der Waals surface area contributed by atoms with Crippen LogP contribution in [0.3, 0.4) is 0 Å². The number of piperidine rings is 1. The number of unbranched alkanes of at least 4 members (excludes halogenated alkanes) is 1. The van der Waals surface area contributed by atoms with Gasteiger partial charge < -0.3 is 9.64 Å². The van der Waals surface area contributed by atoms with Crippen molar-refractivity contribution in [2.75, 3.05) is 25.1 Å². The number of ether oxygens (including phenoxy) is 1. The molecule has 2 aliphatic rings. The van der Waals surface area contributed by atoms with Gasteiger partial charge in [-0.05, 0) is 67.0 Å². The Morgan fingerprint density at radius 2 is 1.59 bits per heavy atom. The molecule has 2 amide bonds. The summed E-state index contributed by atoms with van der Waals surface area (Å²) < 4.78 is 5.28. The molecule has 0 aromatic heterocycles. The van der Waals surface area contributed by atoms with Crippen LogP contribution in [0.5, 0.6) is 5.75 Å². The number of rotatable bonds is 7. The molecule has 4 rings (SSSR count). The van der Waals surface area contributed by atoms with Gasteiger partial charge in [-0.3, -0.25) is 9.59 Å². The first-order chi connectivity index (χ1) is 15.5. The number of hydrogen-bond donors (Lipinski definition) is 0. The predicted molar refractivity (Wildman–Crippen MR) is 127 cm³/mol. The number of aryl methyl sites for hydroxylation is 1. The predicted octanol–water partition coefficient (Wildman–Crippen LogP) is 5.05. The second kappa shape index (κ2) is 9.60. The SMILES string of the molecule is CCCCc1ccc(N2C(=O)C(c3ccc(OC)cc3)=C(N3CCC(C)CC3)C2=O)cc1. The highest BCUT2D eigenvalue weighted by Crippen LogP contribution is 2.37. The summed E-state index contributed by atoms with van der Waals surface area (Å²) in [5.74, 6) is 0.876. The van der Waals surface area contributed by atoms with Gasteiger partial charge in [0.2, 0.25) is 0 Å². The molecular formula is C27H32N2O3. The first kappa shape index (κ1) is 22.1. The maximum atomic E-state index is 13.6. The molecule has 2 heterocycles. The van der Waals surface area contributed by atoms with Gasteiger partial charge in [-0.25, -0.2) is 4.90 Å². The van der Waals surface area contributed by atoms with Crippen molar-refractivity contribution >= 4 is 23.1 Å². The summed E-state index contributed by atoms with van der Waals surface area (Å²) >= 11 is 0. The number of anilines is 1. The fraction of sp³-hybridized carbons (Fsp3) is 0.407. The number of benzene rings is 2. The van der Waals surface area contributed by atoms with Crippen molar-refractivity contribution in [3.8, 4) is 5.75 Å². The number of likely N-dealkylation sites (tertiary alicyclic amines) is 1. The van der Waals surface area contributed by atoms with Crippen LogP contribution in [0.2, 0.25) is 0 Å². The zero-order valence-electron chi connectivity index (χ0n) is 19.3. The molecule has 0 N–H and O–H groups in total. The van der Waals surface area contributed by atoms with E-state index < -0.39 is 0 Å². The molecule has 2 aliphatic heterocycles. The van der Waals surface area contributed by atoms with Crippen LogP contribution in [0, 0.1) is 5.92 Å². The normalized spacial score (nSPS) is 17.5. The Morgan fingerprint density at radius 1 is 0.938 bits per heavy atom. The highest BCUT2D eigenvalue weighted by Gasteiger charge is 2.42. The molecule has 0 radical (unpaired) electrons. The van der Waals surface area contributed by atoms with Crippen molar-refractivity contribution in [2.24, 2.45) is 5.92 Å². The highest BCUT2D eigenvalue weighted by molar-refractivity contribution is 6.45. The Bertz CT molecular complexity index is 1000. The average Bonchev–Trinajstić information content (AvgIpc) is 3.08. The van der Waals surface area contributed by atoms with Crippen LogP contribution < -0.4 is 9.64 Å². The first-order valence-electron chi connectivity index (χ1n) is 11.6. The lowest BCUT2D eigenvalue weighted by atomic mass is 9.97. The summed E-state index contributed by atoms with van der Waals surface area (Å²) in [6.45, 7) is 5.99. The third-order valence-corrected chi connectivity index (χ3v) is 6.55. The molecule has 0 bridgehead atoms. The van der Waals surface area contributed by atoms with Crippen LogP contribution in [-0.2, 0) is 16.0 Å². The molecule has 1 fully saturated rings. The molecule has 2 aromatic rings. The average molecular weight is 433 g/mol. The Morgan fingerprint density at radius 3 is 2.19 bits per heavy atom. The lowest BCUT2D eigenvalue weighted by molar-refractivity contribution is -0.120. The van der Waals surface area contributed by atoms with Crippen molar-refractivity contribution in [2.45, 2.75) is 46.0 Å². The van der Waals surface area contributed by atoms with Crippen molar-refractivity contribution in [3.63, 3.8) is 0 Å². The van der Waals surface area contributed by atoms with E-state index >= 15 is 0 Å². The lowest BCUT2D eigenvalue weighted by Crippen LogP contribution is -2.38. The molecule has 0 unspecified atom stereocenters. The van der Waals surface area contributed by atoms with Crippen LogP contribution in [0.15, 0.2) is 54.2 Å². The minimum Gasteiger partial charge on any atom is -0.497 e. The van der Waals surface area contributed by atoms with Gasteiger partial charge in [-0.2, -0.15) is 0 Å². The van der Waals surface area contributed by atoms with E-state index in [9.17, 15) is 9.59 Å². The number of nitrogens with zero attached hydrogens (tertiary/aromatic N) is 2.